The fraction of sp³-hybridized carbons (Fsp3) is 0. The van der Waals surface area contributed by atoms with Gasteiger partial charge in [0.25, 0.3) is 5.91 Å². The molecule has 0 saturated carbocycles. The van der Waals surface area contributed by atoms with Crippen molar-refractivity contribution in [2.24, 2.45) is 5.73 Å². The van der Waals surface area contributed by atoms with Crippen molar-refractivity contribution in [3.63, 3.8) is 0 Å². The third-order valence-corrected chi connectivity index (χ3v) is 2.23. The smallest absolute Gasteiger partial charge is 0.254 e. The number of hydrogen-bond acceptors (Lipinski definition) is 2. The van der Waals surface area contributed by atoms with Crippen LogP contribution in [-0.4, -0.2) is 11.0 Å². The number of amides is 1. The average Bonchev–Trinajstić information content (AvgIpc) is 2.30. The predicted octanol–water partition coefficient (Wildman–Crippen LogP) is 0.768. The van der Waals surface area contributed by atoms with Crippen molar-refractivity contribution in [1.82, 2.24) is 0 Å². The van der Waals surface area contributed by atoms with Crippen LogP contribution in [0.1, 0.15) is 10.4 Å². The first-order chi connectivity index (χ1) is 7.66. The molecule has 1 aromatic heterocycles. The van der Waals surface area contributed by atoms with Gasteiger partial charge in [0.2, 0.25) is 5.69 Å². The Morgan fingerprint density at radius 1 is 1.19 bits per heavy atom. The number of carbonyl (C=O) groups excluding carboxylic acids is 1. The van der Waals surface area contributed by atoms with E-state index in [1.165, 1.54) is 0 Å². The molecule has 0 spiro atoms. The summed E-state index contributed by atoms with van der Waals surface area (Å²) in [5, 5.41) is 9.16. The van der Waals surface area contributed by atoms with Gasteiger partial charge in [-0.15, -0.1) is 0 Å². The Morgan fingerprint density at radius 3 is 2.50 bits per heavy atom. The van der Waals surface area contributed by atoms with Crippen molar-refractivity contribution in [2.45, 2.75) is 0 Å². The number of carbonyl (C=O) groups is 1. The fourth-order valence-electron chi connectivity index (χ4n) is 1.41. The van der Waals surface area contributed by atoms with Crippen molar-refractivity contribution in [1.29, 1.82) is 0 Å². The van der Waals surface area contributed by atoms with Crippen molar-refractivity contribution >= 4 is 5.91 Å². The van der Waals surface area contributed by atoms with Gasteiger partial charge in [-0.25, -0.2) is 0 Å². The van der Waals surface area contributed by atoms with E-state index >= 15 is 0 Å². The maximum Gasteiger partial charge on any atom is 0.254 e. The molecule has 4 heteroatoms. The van der Waals surface area contributed by atoms with E-state index in [4.69, 9.17) is 10.8 Å². The highest BCUT2D eigenvalue weighted by Gasteiger charge is 2.09. The lowest BCUT2D eigenvalue weighted by Gasteiger charge is -1.97. The van der Waals surface area contributed by atoms with Crippen LogP contribution >= 0.6 is 0 Å². The van der Waals surface area contributed by atoms with Gasteiger partial charge in [0, 0.05) is 18.2 Å². The van der Waals surface area contributed by atoms with Crippen molar-refractivity contribution in [3.8, 4) is 11.4 Å². The highest BCUT2D eigenvalue weighted by molar-refractivity contribution is 5.92. The minimum Gasteiger partial charge on any atom is -0.508 e. The second kappa shape index (κ2) is 4.02. The summed E-state index contributed by atoms with van der Waals surface area (Å²) < 4.78 is 1.76. The number of aromatic nitrogens is 1. The molecule has 0 fully saturated rings. The Kier molecular flexibility index (Phi) is 2.55. The Bertz CT molecular complexity index is 521. The van der Waals surface area contributed by atoms with Crippen LogP contribution in [0, 0.1) is 0 Å². The minimum atomic E-state index is -0.465. The molecule has 0 aliphatic rings. The number of hydrogen-bond donors (Lipinski definition) is 2. The number of primary amides is 1. The van der Waals surface area contributed by atoms with Crippen molar-refractivity contribution < 1.29 is 14.5 Å². The van der Waals surface area contributed by atoms with Crippen molar-refractivity contribution in [2.75, 3.05) is 0 Å². The van der Waals surface area contributed by atoms with Crippen LogP contribution in [0.15, 0.2) is 48.8 Å². The van der Waals surface area contributed by atoms with E-state index < -0.39 is 5.91 Å². The molecule has 80 valence electrons. The summed E-state index contributed by atoms with van der Waals surface area (Å²) in [5.41, 5.74) is 6.48. The lowest BCUT2D eigenvalue weighted by molar-refractivity contribution is -0.595. The van der Waals surface area contributed by atoms with Crippen LogP contribution in [0.25, 0.3) is 5.69 Å². The summed E-state index contributed by atoms with van der Waals surface area (Å²) in [5.74, 6) is -0.261. The molecule has 3 N–H and O–H groups in total. The SMILES string of the molecule is NC(=O)c1ccc[n+](-c2ccc(O)cc2)c1. The fourth-order valence-corrected chi connectivity index (χ4v) is 1.41. The third kappa shape index (κ3) is 2.00. The number of nitrogens with two attached hydrogens (primary N) is 1. The van der Waals surface area contributed by atoms with Gasteiger partial charge >= 0.3 is 0 Å². The molecule has 1 aromatic carbocycles. The number of rotatable bonds is 2. The van der Waals surface area contributed by atoms with Gasteiger partial charge in [0.05, 0.1) is 0 Å². The quantitative estimate of drug-likeness (QED) is 0.726. The van der Waals surface area contributed by atoms with Crippen LogP contribution < -0.4 is 10.3 Å². The van der Waals surface area contributed by atoms with Gasteiger partial charge in [0.1, 0.15) is 11.3 Å². The number of pyridine rings is 1. The molecule has 2 aromatic rings. The van der Waals surface area contributed by atoms with E-state index in [0.29, 0.717) is 5.56 Å². The van der Waals surface area contributed by atoms with Crippen LogP contribution in [0.5, 0.6) is 5.75 Å². The predicted molar refractivity (Wildman–Crippen MR) is 58.2 cm³/mol. The maximum atomic E-state index is 11.0. The summed E-state index contributed by atoms with van der Waals surface area (Å²) in [7, 11) is 0. The molecular formula is C12H11N2O2+. The second-order valence-corrected chi connectivity index (χ2v) is 3.38. The highest BCUT2D eigenvalue weighted by atomic mass is 16.3. The summed E-state index contributed by atoms with van der Waals surface area (Å²) in [4.78, 5) is 11.0. The van der Waals surface area contributed by atoms with E-state index in [-0.39, 0.29) is 5.75 Å². The largest absolute Gasteiger partial charge is 0.508 e. The number of phenolic OH excluding ortho intramolecular Hbond substituents is 1. The lowest BCUT2D eigenvalue weighted by Crippen LogP contribution is -2.31. The normalized spacial score (nSPS) is 10.0. The molecule has 0 saturated heterocycles. The Hall–Kier alpha value is -2.36. The zero-order valence-corrected chi connectivity index (χ0v) is 8.50. The van der Waals surface area contributed by atoms with E-state index in [2.05, 4.69) is 0 Å². The molecule has 0 bridgehead atoms. The number of aromatic hydroxyl groups is 1. The first kappa shape index (κ1) is 10.2. The van der Waals surface area contributed by atoms with Crippen LogP contribution in [0.3, 0.4) is 0 Å². The summed E-state index contributed by atoms with van der Waals surface area (Å²) in [6, 6.07) is 10.1. The monoisotopic (exact) mass is 215 g/mol. The van der Waals surface area contributed by atoms with Gasteiger partial charge in [-0.2, -0.15) is 4.57 Å². The Morgan fingerprint density at radius 2 is 1.88 bits per heavy atom. The number of nitrogens with zero attached hydrogens (tertiary/aromatic N) is 1. The summed E-state index contributed by atoms with van der Waals surface area (Å²) in [6.45, 7) is 0. The summed E-state index contributed by atoms with van der Waals surface area (Å²) >= 11 is 0. The molecule has 16 heavy (non-hydrogen) atoms. The van der Waals surface area contributed by atoms with Gasteiger partial charge in [-0.05, 0) is 18.2 Å². The van der Waals surface area contributed by atoms with Gasteiger partial charge in [-0.1, -0.05) is 0 Å². The molecule has 2 rings (SSSR count). The Labute approximate surface area is 92.6 Å². The topological polar surface area (TPSA) is 67.2 Å². The second-order valence-electron chi connectivity index (χ2n) is 3.38. The molecule has 0 radical (unpaired) electrons. The number of phenols is 1. The van der Waals surface area contributed by atoms with Crippen LogP contribution in [0.2, 0.25) is 0 Å². The average molecular weight is 215 g/mol. The van der Waals surface area contributed by atoms with Gasteiger partial charge < -0.3 is 10.8 Å². The molecule has 0 atom stereocenters. The molecule has 0 aliphatic heterocycles. The molecule has 1 heterocycles. The zero-order valence-electron chi connectivity index (χ0n) is 8.50. The first-order valence-electron chi connectivity index (χ1n) is 4.77. The Balaban J connectivity index is 2.44. The van der Waals surface area contributed by atoms with Gasteiger partial charge in [-0.3, -0.25) is 4.79 Å². The standard InChI is InChI=1S/C12H10N2O2/c13-12(16)9-2-1-7-14(8-9)10-3-5-11(15)6-4-10/h1-8H,(H2-,13,15,16)/p+1. The number of benzene rings is 1. The van der Waals surface area contributed by atoms with Crippen molar-refractivity contribution in [3.05, 3.63) is 54.4 Å². The maximum absolute atomic E-state index is 11.0. The minimum absolute atomic E-state index is 0.204. The molecular weight excluding hydrogens is 204 g/mol. The molecule has 4 nitrogen and oxygen atoms in total. The van der Waals surface area contributed by atoms with E-state index in [0.717, 1.165) is 5.69 Å². The summed E-state index contributed by atoms with van der Waals surface area (Å²) in [6.07, 6.45) is 3.45. The lowest BCUT2D eigenvalue weighted by atomic mass is 10.2. The molecule has 0 aliphatic carbocycles. The van der Waals surface area contributed by atoms with Crippen LogP contribution in [0.4, 0.5) is 0 Å². The zero-order chi connectivity index (χ0) is 11.5. The molecule has 0 unspecified atom stereocenters. The van der Waals surface area contributed by atoms with E-state index in [1.807, 2.05) is 0 Å². The van der Waals surface area contributed by atoms with E-state index in [1.54, 1.807) is 53.4 Å². The van der Waals surface area contributed by atoms with Gasteiger partial charge in [0.15, 0.2) is 12.4 Å². The third-order valence-electron chi connectivity index (χ3n) is 2.23. The highest BCUT2D eigenvalue weighted by Crippen LogP contribution is 2.09. The van der Waals surface area contributed by atoms with Crippen LogP contribution in [-0.2, 0) is 0 Å². The molecule has 1 amide bonds. The van der Waals surface area contributed by atoms with E-state index in [9.17, 15) is 4.79 Å². The first-order valence-corrected chi connectivity index (χ1v) is 4.77.